The van der Waals surface area contributed by atoms with Gasteiger partial charge in [0.05, 0.1) is 18.8 Å². The van der Waals surface area contributed by atoms with Crippen LogP contribution in [0.15, 0.2) is 29.8 Å². The maximum atomic E-state index is 8.91. The smallest absolute Gasteiger partial charge is 0.114 e. The van der Waals surface area contributed by atoms with Gasteiger partial charge in [0.1, 0.15) is 11.1 Å². The fourth-order valence-corrected chi connectivity index (χ4v) is 2.03. The van der Waals surface area contributed by atoms with Crippen LogP contribution in [0.5, 0.6) is 0 Å². The van der Waals surface area contributed by atoms with Crippen LogP contribution in [0.3, 0.4) is 0 Å². The van der Waals surface area contributed by atoms with Crippen LogP contribution in [0, 0.1) is 11.3 Å². The van der Waals surface area contributed by atoms with Crippen molar-refractivity contribution in [3.63, 3.8) is 0 Å². The Kier molecular flexibility index (Phi) is 4.50. The summed E-state index contributed by atoms with van der Waals surface area (Å²) in [6, 6.07) is 9.98. The molecular formula is C14H15N3OS. The van der Waals surface area contributed by atoms with Crippen LogP contribution in [0.4, 0.5) is 5.69 Å². The lowest BCUT2D eigenvalue weighted by molar-refractivity contribution is 0.122. The SMILES string of the molecule is N#CC(=Cc1ccc(N2CCOCC2)cc1)C(N)=S. The van der Waals surface area contributed by atoms with Crippen molar-refractivity contribution in [1.29, 1.82) is 5.26 Å². The molecule has 0 bridgehead atoms. The van der Waals surface area contributed by atoms with Crippen molar-refractivity contribution in [3.05, 3.63) is 35.4 Å². The summed E-state index contributed by atoms with van der Waals surface area (Å²) in [6.45, 7) is 3.35. The maximum Gasteiger partial charge on any atom is 0.114 e. The quantitative estimate of drug-likeness (QED) is 0.516. The zero-order valence-corrected chi connectivity index (χ0v) is 11.3. The van der Waals surface area contributed by atoms with E-state index in [-0.39, 0.29) is 4.99 Å². The molecule has 0 saturated carbocycles. The molecule has 98 valence electrons. The fraction of sp³-hybridized carbons (Fsp3) is 0.286. The minimum absolute atomic E-state index is 0.125. The third kappa shape index (κ3) is 3.53. The highest BCUT2D eigenvalue weighted by molar-refractivity contribution is 7.80. The van der Waals surface area contributed by atoms with E-state index in [1.165, 1.54) is 0 Å². The summed E-state index contributed by atoms with van der Waals surface area (Å²) in [5.41, 5.74) is 7.87. The summed E-state index contributed by atoms with van der Waals surface area (Å²) in [5, 5.41) is 8.91. The first-order chi connectivity index (χ1) is 9.20. The Bertz CT molecular complexity index is 525. The predicted molar refractivity (Wildman–Crippen MR) is 79.8 cm³/mol. The van der Waals surface area contributed by atoms with Gasteiger partial charge in [-0.3, -0.25) is 0 Å². The molecule has 19 heavy (non-hydrogen) atoms. The number of nitrogens with zero attached hydrogens (tertiary/aromatic N) is 2. The summed E-state index contributed by atoms with van der Waals surface area (Å²) in [5.74, 6) is 0. The zero-order valence-electron chi connectivity index (χ0n) is 10.5. The first-order valence-corrected chi connectivity index (χ1v) is 6.46. The Morgan fingerprint density at radius 2 is 1.95 bits per heavy atom. The Morgan fingerprint density at radius 3 is 2.47 bits per heavy atom. The Hall–Kier alpha value is -1.90. The minimum Gasteiger partial charge on any atom is -0.389 e. The molecule has 0 spiro atoms. The van der Waals surface area contributed by atoms with E-state index in [9.17, 15) is 0 Å². The van der Waals surface area contributed by atoms with E-state index in [1.807, 2.05) is 30.3 Å². The lowest BCUT2D eigenvalue weighted by Crippen LogP contribution is -2.36. The molecular weight excluding hydrogens is 258 g/mol. The first kappa shape index (κ1) is 13.5. The van der Waals surface area contributed by atoms with Gasteiger partial charge in [0.15, 0.2) is 0 Å². The molecule has 0 radical (unpaired) electrons. The van der Waals surface area contributed by atoms with Gasteiger partial charge in [-0.15, -0.1) is 0 Å². The third-order valence-electron chi connectivity index (χ3n) is 2.97. The van der Waals surface area contributed by atoms with E-state index in [4.69, 9.17) is 28.0 Å². The standard InChI is InChI=1S/C14H15N3OS/c15-10-12(14(16)19)9-11-1-3-13(4-2-11)17-5-7-18-8-6-17/h1-4,9H,5-8H2,(H2,16,19). The molecule has 0 unspecified atom stereocenters. The topological polar surface area (TPSA) is 62.3 Å². The molecule has 1 fully saturated rings. The van der Waals surface area contributed by atoms with E-state index in [2.05, 4.69) is 4.90 Å². The molecule has 1 heterocycles. The lowest BCUT2D eigenvalue weighted by Gasteiger charge is -2.28. The van der Waals surface area contributed by atoms with Crippen molar-refractivity contribution in [3.8, 4) is 6.07 Å². The molecule has 1 aromatic carbocycles. The third-order valence-corrected chi connectivity index (χ3v) is 3.19. The number of nitrogens with two attached hydrogens (primary N) is 1. The molecule has 1 aromatic rings. The summed E-state index contributed by atoms with van der Waals surface area (Å²) in [4.78, 5) is 2.40. The van der Waals surface area contributed by atoms with Crippen molar-refractivity contribution in [1.82, 2.24) is 0 Å². The largest absolute Gasteiger partial charge is 0.389 e. The predicted octanol–water partition coefficient (Wildman–Crippen LogP) is 1.72. The van der Waals surface area contributed by atoms with Gasteiger partial charge < -0.3 is 15.4 Å². The average Bonchev–Trinajstić information content (AvgIpc) is 2.46. The van der Waals surface area contributed by atoms with Crippen molar-refractivity contribution in [2.24, 2.45) is 5.73 Å². The molecule has 2 rings (SSSR count). The van der Waals surface area contributed by atoms with Gasteiger partial charge in [0.25, 0.3) is 0 Å². The number of anilines is 1. The van der Waals surface area contributed by atoms with Gasteiger partial charge in [-0.25, -0.2) is 0 Å². The van der Waals surface area contributed by atoms with E-state index >= 15 is 0 Å². The fourth-order valence-electron chi connectivity index (χ4n) is 1.93. The van der Waals surface area contributed by atoms with Crippen LogP contribution in [-0.4, -0.2) is 31.3 Å². The van der Waals surface area contributed by atoms with E-state index in [0.29, 0.717) is 5.57 Å². The van der Waals surface area contributed by atoms with Gasteiger partial charge >= 0.3 is 0 Å². The minimum atomic E-state index is 0.125. The normalized spacial score (nSPS) is 15.9. The zero-order chi connectivity index (χ0) is 13.7. The van der Waals surface area contributed by atoms with Crippen LogP contribution in [-0.2, 0) is 4.74 Å². The van der Waals surface area contributed by atoms with Crippen LogP contribution in [0.1, 0.15) is 5.56 Å². The molecule has 1 aliphatic rings. The highest BCUT2D eigenvalue weighted by atomic mass is 32.1. The van der Waals surface area contributed by atoms with Gasteiger partial charge in [-0.1, -0.05) is 24.4 Å². The first-order valence-electron chi connectivity index (χ1n) is 6.05. The Labute approximate surface area is 118 Å². The summed E-state index contributed by atoms with van der Waals surface area (Å²) < 4.78 is 5.32. The monoisotopic (exact) mass is 273 g/mol. The van der Waals surface area contributed by atoms with Crippen molar-refractivity contribution in [2.45, 2.75) is 0 Å². The lowest BCUT2D eigenvalue weighted by atomic mass is 10.1. The number of hydrogen-bond donors (Lipinski definition) is 1. The van der Waals surface area contributed by atoms with Crippen LogP contribution >= 0.6 is 12.2 Å². The summed E-state index contributed by atoms with van der Waals surface area (Å²) in [7, 11) is 0. The van der Waals surface area contributed by atoms with E-state index < -0.39 is 0 Å². The molecule has 1 aliphatic heterocycles. The molecule has 1 saturated heterocycles. The molecule has 4 nitrogen and oxygen atoms in total. The van der Waals surface area contributed by atoms with Crippen LogP contribution in [0.2, 0.25) is 0 Å². The van der Waals surface area contributed by atoms with Crippen LogP contribution < -0.4 is 10.6 Å². The number of benzene rings is 1. The molecule has 2 N–H and O–H groups in total. The van der Waals surface area contributed by atoms with Crippen LogP contribution in [0.25, 0.3) is 6.08 Å². The van der Waals surface area contributed by atoms with Crippen molar-refractivity contribution < 1.29 is 4.74 Å². The van der Waals surface area contributed by atoms with Crippen molar-refractivity contribution in [2.75, 3.05) is 31.2 Å². The molecule has 0 aromatic heterocycles. The van der Waals surface area contributed by atoms with Gasteiger partial charge in [-0.05, 0) is 23.8 Å². The molecule has 5 heteroatoms. The number of nitriles is 1. The Balaban J connectivity index is 2.14. The summed E-state index contributed by atoms with van der Waals surface area (Å²) >= 11 is 4.81. The van der Waals surface area contributed by atoms with Gasteiger partial charge in [0.2, 0.25) is 0 Å². The second-order valence-electron chi connectivity index (χ2n) is 4.23. The number of hydrogen-bond acceptors (Lipinski definition) is 4. The van der Waals surface area contributed by atoms with E-state index in [0.717, 1.165) is 37.6 Å². The van der Waals surface area contributed by atoms with Gasteiger partial charge in [-0.2, -0.15) is 5.26 Å². The molecule has 0 atom stereocenters. The maximum absolute atomic E-state index is 8.91. The second kappa shape index (κ2) is 6.32. The average molecular weight is 273 g/mol. The number of thiocarbonyl (C=S) groups is 1. The van der Waals surface area contributed by atoms with E-state index in [1.54, 1.807) is 6.08 Å². The number of morpholine rings is 1. The summed E-state index contributed by atoms with van der Waals surface area (Å²) in [6.07, 6.45) is 1.70. The number of ether oxygens (including phenoxy) is 1. The molecule has 0 amide bonds. The van der Waals surface area contributed by atoms with Crippen molar-refractivity contribution >= 4 is 29.0 Å². The number of rotatable bonds is 3. The van der Waals surface area contributed by atoms with Gasteiger partial charge in [0, 0.05) is 18.8 Å². The second-order valence-corrected chi connectivity index (χ2v) is 4.66. The highest BCUT2D eigenvalue weighted by Crippen LogP contribution is 2.18. The highest BCUT2D eigenvalue weighted by Gasteiger charge is 2.10. The Morgan fingerprint density at radius 1 is 1.32 bits per heavy atom. The molecule has 0 aliphatic carbocycles.